The van der Waals surface area contributed by atoms with Gasteiger partial charge in [0.05, 0.1) is 4.92 Å². The Hall–Kier alpha value is -2.54. The molecule has 0 saturated carbocycles. The van der Waals surface area contributed by atoms with Crippen LogP contribution in [0.2, 0.25) is 0 Å². The highest BCUT2D eigenvalue weighted by atomic mass is 19.2. The quantitative estimate of drug-likeness (QED) is 0.620. The molecule has 7 heteroatoms. The Morgan fingerprint density at radius 1 is 1.11 bits per heavy atom. The Morgan fingerprint density at radius 3 is 2.33 bits per heavy atom. The molecule has 0 aromatic heterocycles. The van der Waals surface area contributed by atoms with Crippen molar-refractivity contribution in [1.82, 2.24) is 4.90 Å². The maximum atomic E-state index is 14.2. The molecule has 1 heterocycles. The van der Waals surface area contributed by atoms with Crippen molar-refractivity contribution >= 4 is 11.4 Å². The molecule has 2 atom stereocenters. The lowest BCUT2D eigenvalue weighted by Gasteiger charge is -2.42. The van der Waals surface area contributed by atoms with Gasteiger partial charge in [-0.3, -0.25) is 15.0 Å². The van der Waals surface area contributed by atoms with E-state index in [4.69, 9.17) is 0 Å². The lowest BCUT2D eigenvalue weighted by atomic mass is 9.85. The van der Waals surface area contributed by atoms with Crippen LogP contribution in [0.4, 0.5) is 20.2 Å². The van der Waals surface area contributed by atoms with Crippen LogP contribution in [-0.2, 0) is 6.54 Å². The SMILES string of the molecule is CC1CN(Cc2ccccc2)CC(C)C1Nc1c([N+](=O)[O-])ccc(F)c1F. The second-order valence-corrected chi connectivity index (χ2v) is 7.32. The van der Waals surface area contributed by atoms with Gasteiger partial charge in [0.25, 0.3) is 5.69 Å². The molecule has 2 aromatic carbocycles. The van der Waals surface area contributed by atoms with Gasteiger partial charge in [0.15, 0.2) is 17.3 Å². The normalized spacial score (nSPS) is 23.2. The van der Waals surface area contributed by atoms with Crippen LogP contribution >= 0.6 is 0 Å². The lowest BCUT2D eigenvalue weighted by molar-refractivity contribution is -0.384. The van der Waals surface area contributed by atoms with Crippen LogP contribution in [0.3, 0.4) is 0 Å². The third-order valence-corrected chi connectivity index (χ3v) is 5.15. The van der Waals surface area contributed by atoms with E-state index >= 15 is 0 Å². The summed E-state index contributed by atoms with van der Waals surface area (Å²) in [6.07, 6.45) is 0. The van der Waals surface area contributed by atoms with Gasteiger partial charge in [0.1, 0.15) is 0 Å². The van der Waals surface area contributed by atoms with Crippen LogP contribution in [0.15, 0.2) is 42.5 Å². The molecular weight excluding hydrogens is 352 g/mol. The Balaban J connectivity index is 1.76. The topological polar surface area (TPSA) is 58.4 Å². The summed E-state index contributed by atoms with van der Waals surface area (Å²) in [6.45, 7) is 6.39. The molecule has 2 unspecified atom stereocenters. The summed E-state index contributed by atoms with van der Waals surface area (Å²) in [4.78, 5) is 12.8. The minimum Gasteiger partial charge on any atom is -0.374 e. The predicted molar refractivity (Wildman–Crippen MR) is 100 cm³/mol. The minimum absolute atomic E-state index is 0.111. The van der Waals surface area contributed by atoms with E-state index in [9.17, 15) is 18.9 Å². The Kier molecular flexibility index (Phi) is 5.70. The van der Waals surface area contributed by atoms with Gasteiger partial charge < -0.3 is 5.32 Å². The van der Waals surface area contributed by atoms with E-state index in [1.165, 1.54) is 5.56 Å². The number of nitrogens with zero attached hydrogens (tertiary/aromatic N) is 2. The van der Waals surface area contributed by atoms with Crippen molar-refractivity contribution in [2.45, 2.75) is 26.4 Å². The van der Waals surface area contributed by atoms with E-state index in [-0.39, 0.29) is 23.6 Å². The van der Waals surface area contributed by atoms with Crippen molar-refractivity contribution in [1.29, 1.82) is 0 Å². The van der Waals surface area contributed by atoms with Crippen molar-refractivity contribution in [2.75, 3.05) is 18.4 Å². The van der Waals surface area contributed by atoms with Gasteiger partial charge in [-0.2, -0.15) is 0 Å². The number of benzene rings is 2. The fourth-order valence-corrected chi connectivity index (χ4v) is 3.93. The van der Waals surface area contributed by atoms with Gasteiger partial charge in [-0.25, -0.2) is 8.78 Å². The highest BCUT2D eigenvalue weighted by Crippen LogP contribution is 2.33. The summed E-state index contributed by atoms with van der Waals surface area (Å²) >= 11 is 0. The predicted octanol–water partition coefficient (Wildman–Crippen LogP) is 4.44. The largest absolute Gasteiger partial charge is 0.374 e. The Bertz CT molecular complexity index is 804. The third-order valence-electron chi connectivity index (χ3n) is 5.15. The molecule has 0 spiro atoms. The Morgan fingerprint density at radius 2 is 1.74 bits per heavy atom. The molecule has 2 aromatic rings. The number of hydrogen-bond acceptors (Lipinski definition) is 4. The second-order valence-electron chi connectivity index (χ2n) is 7.32. The van der Waals surface area contributed by atoms with Crippen molar-refractivity contribution in [3.05, 3.63) is 69.8 Å². The van der Waals surface area contributed by atoms with Gasteiger partial charge in [-0.15, -0.1) is 0 Å². The number of likely N-dealkylation sites (tertiary alicyclic amines) is 1. The maximum Gasteiger partial charge on any atom is 0.295 e. The lowest BCUT2D eigenvalue weighted by Crippen LogP contribution is -2.50. The molecule has 3 rings (SSSR count). The zero-order valence-corrected chi connectivity index (χ0v) is 15.4. The first-order valence-electron chi connectivity index (χ1n) is 9.02. The van der Waals surface area contributed by atoms with Crippen LogP contribution < -0.4 is 5.32 Å². The first-order valence-corrected chi connectivity index (χ1v) is 9.02. The van der Waals surface area contributed by atoms with Crippen LogP contribution in [0, 0.1) is 33.6 Å². The van der Waals surface area contributed by atoms with Gasteiger partial charge in [-0.1, -0.05) is 44.2 Å². The number of hydrogen-bond donors (Lipinski definition) is 1. The average molecular weight is 375 g/mol. The monoisotopic (exact) mass is 375 g/mol. The van der Waals surface area contributed by atoms with Crippen molar-refractivity contribution in [2.24, 2.45) is 11.8 Å². The molecular formula is C20H23F2N3O2. The second kappa shape index (κ2) is 8.00. The number of rotatable bonds is 5. The summed E-state index contributed by atoms with van der Waals surface area (Å²) in [5, 5.41) is 14.2. The van der Waals surface area contributed by atoms with Crippen molar-refractivity contribution in [3.8, 4) is 0 Å². The molecule has 5 nitrogen and oxygen atoms in total. The van der Waals surface area contributed by atoms with Gasteiger partial charge >= 0.3 is 0 Å². The summed E-state index contributed by atoms with van der Waals surface area (Å²) in [6, 6.07) is 11.7. The summed E-state index contributed by atoms with van der Waals surface area (Å²) in [5.41, 5.74) is 0.412. The molecule has 1 N–H and O–H groups in total. The molecule has 0 bridgehead atoms. The van der Waals surface area contributed by atoms with E-state index < -0.39 is 22.2 Å². The standard InChI is InChI=1S/C20H23F2N3O2/c1-13-10-24(12-15-6-4-3-5-7-15)11-14(2)19(13)23-20-17(25(26)27)9-8-16(21)18(20)22/h3-9,13-14,19,23H,10-12H2,1-2H3. The smallest absolute Gasteiger partial charge is 0.295 e. The van der Waals surface area contributed by atoms with Gasteiger partial charge in [0, 0.05) is 31.7 Å². The number of nitro benzene ring substituents is 1. The van der Waals surface area contributed by atoms with Crippen LogP contribution in [0.25, 0.3) is 0 Å². The van der Waals surface area contributed by atoms with Crippen molar-refractivity contribution < 1.29 is 13.7 Å². The highest BCUT2D eigenvalue weighted by Gasteiger charge is 2.34. The number of nitrogens with one attached hydrogen (secondary N) is 1. The summed E-state index contributed by atoms with van der Waals surface area (Å²) < 4.78 is 27.9. The van der Waals surface area contributed by atoms with E-state index in [1.54, 1.807) is 0 Å². The molecule has 0 amide bonds. The fourth-order valence-electron chi connectivity index (χ4n) is 3.93. The van der Waals surface area contributed by atoms with Gasteiger partial charge in [-0.05, 0) is 23.5 Å². The van der Waals surface area contributed by atoms with Crippen molar-refractivity contribution in [3.63, 3.8) is 0 Å². The molecule has 1 saturated heterocycles. The fraction of sp³-hybridized carbons (Fsp3) is 0.400. The zero-order chi connectivity index (χ0) is 19.6. The number of anilines is 1. The minimum atomic E-state index is -1.20. The van der Waals surface area contributed by atoms with E-state index in [0.29, 0.717) is 0 Å². The van der Waals surface area contributed by atoms with Crippen LogP contribution in [0.5, 0.6) is 0 Å². The number of halogens is 2. The van der Waals surface area contributed by atoms with Crippen LogP contribution in [0.1, 0.15) is 19.4 Å². The zero-order valence-electron chi connectivity index (χ0n) is 15.4. The molecule has 0 aliphatic carbocycles. The third kappa shape index (κ3) is 4.24. The first kappa shape index (κ1) is 19.2. The van der Waals surface area contributed by atoms with E-state index in [0.717, 1.165) is 31.8 Å². The summed E-state index contributed by atoms with van der Waals surface area (Å²) in [5.74, 6) is -2.07. The highest BCUT2D eigenvalue weighted by molar-refractivity contribution is 5.63. The number of piperidine rings is 1. The molecule has 144 valence electrons. The van der Waals surface area contributed by atoms with E-state index in [1.807, 2.05) is 32.0 Å². The maximum absolute atomic E-state index is 14.2. The molecule has 1 fully saturated rings. The van der Waals surface area contributed by atoms with Crippen LogP contribution in [-0.4, -0.2) is 29.0 Å². The summed E-state index contributed by atoms with van der Waals surface area (Å²) in [7, 11) is 0. The average Bonchev–Trinajstić information content (AvgIpc) is 2.62. The number of nitro groups is 1. The Labute approximate surface area is 157 Å². The van der Waals surface area contributed by atoms with Gasteiger partial charge in [0.2, 0.25) is 0 Å². The van der Waals surface area contributed by atoms with E-state index in [2.05, 4.69) is 22.3 Å². The molecule has 1 aliphatic heterocycles. The molecule has 0 radical (unpaired) electrons. The molecule has 1 aliphatic rings. The first-order chi connectivity index (χ1) is 12.9. The molecule has 27 heavy (non-hydrogen) atoms.